The average Bonchev–Trinajstić information content (AvgIpc) is 2.47. The minimum absolute atomic E-state index is 0.00374. The van der Waals surface area contributed by atoms with Gasteiger partial charge in [-0.1, -0.05) is 32.0 Å². The average molecular weight is 358 g/mol. The van der Waals surface area contributed by atoms with E-state index in [2.05, 4.69) is 43.9 Å². The summed E-state index contributed by atoms with van der Waals surface area (Å²) >= 11 is 0. The van der Waals surface area contributed by atoms with Gasteiger partial charge in [0.1, 0.15) is 0 Å². The van der Waals surface area contributed by atoms with Crippen LogP contribution in [0.3, 0.4) is 0 Å². The predicted molar refractivity (Wildman–Crippen MR) is 97.1 cm³/mol. The molecule has 0 aromatic carbocycles. The highest BCUT2D eigenvalue weighted by atomic mass is 28.4. The van der Waals surface area contributed by atoms with Gasteiger partial charge in [0.15, 0.2) is 8.32 Å². The topological polar surface area (TPSA) is 105 Å². The van der Waals surface area contributed by atoms with Crippen LogP contribution >= 0.6 is 0 Å². The summed E-state index contributed by atoms with van der Waals surface area (Å²) in [6.07, 6.45) is 3.47. The highest BCUT2D eigenvalue weighted by Crippen LogP contribution is 2.38. The number of carbonyl (C=O) groups is 1. The number of hydrogen-bond donors (Lipinski definition) is 1. The molecule has 138 valence electrons. The van der Waals surface area contributed by atoms with Crippen molar-refractivity contribution in [3.8, 4) is 0 Å². The SMILES string of the molecule is CCOC(=O)/C=C/[C@@H](N=[N+]=[N-])[C@@H](CCCO)O[Si](C)(C)C(C)(C)C. The van der Waals surface area contributed by atoms with Gasteiger partial charge in [-0.25, -0.2) is 4.79 Å². The molecule has 1 N–H and O–H groups in total. The summed E-state index contributed by atoms with van der Waals surface area (Å²) in [5.74, 6) is -0.483. The molecule has 0 unspecified atom stereocenters. The Hall–Kier alpha value is -1.34. The number of carbonyl (C=O) groups excluding carboxylic acids is 1. The number of aliphatic hydroxyl groups excluding tert-OH is 1. The van der Waals surface area contributed by atoms with Crippen molar-refractivity contribution in [1.82, 2.24) is 0 Å². The summed E-state index contributed by atoms with van der Waals surface area (Å²) in [6.45, 7) is 12.6. The van der Waals surface area contributed by atoms with Crippen molar-refractivity contribution in [2.45, 2.75) is 70.8 Å². The van der Waals surface area contributed by atoms with Gasteiger partial charge in [0.05, 0.1) is 18.8 Å². The molecule has 0 aromatic rings. The fraction of sp³-hybridized carbons (Fsp3) is 0.812. The summed E-state index contributed by atoms with van der Waals surface area (Å²) in [4.78, 5) is 14.4. The van der Waals surface area contributed by atoms with Gasteiger partial charge in [0.25, 0.3) is 0 Å². The molecule has 0 bridgehead atoms. The second kappa shape index (κ2) is 10.5. The van der Waals surface area contributed by atoms with Gasteiger partial charge >= 0.3 is 5.97 Å². The molecular formula is C16H31N3O4Si. The fourth-order valence-corrected chi connectivity index (χ4v) is 3.18. The van der Waals surface area contributed by atoms with Crippen molar-refractivity contribution < 1.29 is 19.1 Å². The number of azide groups is 1. The van der Waals surface area contributed by atoms with E-state index in [1.807, 2.05) is 0 Å². The van der Waals surface area contributed by atoms with E-state index in [4.69, 9.17) is 19.8 Å². The maximum absolute atomic E-state index is 11.5. The van der Waals surface area contributed by atoms with E-state index in [-0.39, 0.29) is 24.4 Å². The summed E-state index contributed by atoms with van der Waals surface area (Å²) in [5, 5.41) is 12.9. The van der Waals surface area contributed by atoms with Gasteiger partial charge in [-0.3, -0.25) is 0 Å². The Balaban J connectivity index is 5.39. The molecule has 0 fully saturated rings. The van der Waals surface area contributed by atoms with Gasteiger partial charge in [-0.2, -0.15) is 0 Å². The minimum Gasteiger partial charge on any atom is -0.463 e. The van der Waals surface area contributed by atoms with Gasteiger partial charge in [-0.15, -0.1) is 0 Å². The van der Waals surface area contributed by atoms with Crippen LogP contribution in [0.25, 0.3) is 10.4 Å². The van der Waals surface area contributed by atoms with E-state index in [1.165, 1.54) is 12.2 Å². The van der Waals surface area contributed by atoms with Crippen LogP contribution in [0.5, 0.6) is 0 Å². The molecule has 0 saturated heterocycles. The maximum Gasteiger partial charge on any atom is 0.330 e. The fourth-order valence-electron chi connectivity index (χ4n) is 1.81. The summed E-state index contributed by atoms with van der Waals surface area (Å²) in [7, 11) is -2.10. The molecule has 0 heterocycles. The molecular weight excluding hydrogens is 326 g/mol. The number of esters is 1. The predicted octanol–water partition coefficient (Wildman–Crippen LogP) is 3.95. The third-order valence-electron chi connectivity index (χ3n) is 4.18. The first kappa shape index (κ1) is 22.7. The lowest BCUT2D eigenvalue weighted by molar-refractivity contribution is -0.137. The first-order valence-corrected chi connectivity index (χ1v) is 11.2. The van der Waals surface area contributed by atoms with E-state index in [9.17, 15) is 4.79 Å². The van der Waals surface area contributed by atoms with Gasteiger partial charge in [0.2, 0.25) is 0 Å². The van der Waals surface area contributed by atoms with Crippen LogP contribution in [-0.2, 0) is 14.0 Å². The molecule has 0 aliphatic heterocycles. The largest absolute Gasteiger partial charge is 0.463 e. The van der Waals surface area contributed by atoms with Crippen molar-refractivity contribution in [3.05, 3.63) is 22.6 Å². The minimum atomic E-state index is -2.10. The van der Waals surface area contributed by atoms with Crippen LogP contribution in [-0.4, -0.2) is 44.8 Å². The Labute approximate surface area is 145 Å². The number of rotatable bonds is 10. The Morgan fingerprint density at radius 2 is 2.04 bits per heavy atom. The quantitative estimate of drug-likeness (QED) is 0.160. The van der Waals surface area contributed by atoms with Crippen molar-refractivity contribution in [3.63, 3.8) is 0 Å². The molecule has 0 aromatic heterocycles. The molecule has 2 atom stereocenters. The molecule has 0 rings (SSSR count). The highest BCUT2D eigenvalue weighted by molar-refractivity contribution is 6.74. The third kappa shape index (κ3) is 7.96. The van der Waals surface area contributed by atoms with Crippen LogP contribution < -0.4 is 0 Å². The number of ether oxygens (including phenoxy) is 1. The van der Waals surface area contributed by atoms with Gasteiger partial charge < -0.3 is 14.3 Å². The van der Waals surface area contributed by atoms with Crippen LogP contribution in [0, 0.1) is 0 Å². The zero-order chi connectivity index (χ0) is 18.8. The second-order valence-electron chi connectivity index (χ2n) is 7.09. The summed E-state index contributed by atoms with van der Waals surface area (Å²) < 4.78 is 11.2. The van der Waals surface area contributed by atoms with Gasteiger partial charge in [-0.05, 0) is 43.4 Å². The van der Waals surface area contributed by atoms with Crippen molar-refractivity contribution in [1.29, 1.82) is 0 Å². The lowest BCUT2D eigenvalue weighted by atomic mass is 10.1. The van der Waals surface area contributed by atoms with E-state index >= 15 is 0 Å². The maximum atomic E-state index is 11.5. The van der Waals surface area contributed by atoms with Crippen LogP contribution in [0.15, 0.2) is 17.3 Å². The van der Waals surface area contributed by atoms with E-state index < -0.39 is 20.3 Å². The molecule has 8 heteroatoms. The highest BCUT2D eigenvalue weighted by Gasteiger charge is 2.40. The number of hydrogen-bond acceptors (Lipinski definition) is 5. The third-order valence-corrected chi connectivity index (χ3v) is 8.69. The number of aliphatic hydroxyl groups is 1. The second-order valence-corrected chi connectivity index (χ2v) is 11.8. The Morgan fingerprint density at radius 1 is 1.42 bits per heavy atom. The van der Waals surface area contributed by atoms with E-state index in [1.54, 1.807) is 6.92 Å². The van der Waals surface area contributed by atoms with Crippen molar-refractivity contribution in [2.75, 3.05) is 13.2 Å². The summed E-state index contributed by atoms with van der Waals surface area (Å²) in [6, 6.07) is -0.625. The normalized spacial score (nSPS) is 15.0. The van der Waals surface area contributed by atoms with Crippen LogP contribution in [0.2, 0.25) is 18.1 Å². The summed E-state index contributed by atoms with van der Waals surface area (Å²) in [5.41, 5.74) is 8.85. The van der Waals surface area contributed by atoms with Gasteiger partial charge in [0, 0.05) is 17.6 Å². The number of nitrogens with zero attached hydrogens (tertiary/aromatic N) is 3. The molecule has 0 spiro atoms. The molecule has 0 radical (unpaired) electrons. The smallest absolute Gasteiger partial charge is 0.330 e. The Kier molecular flexibility index (Phi) is 9.92. The first-order chi connectivity index (χ1) is 11.1. The first-order valence-electron chi connectivity index (χ1n) is 8.27. The van der Waals surface area contributed by atoms with Crippen LogP contribution in [0.1, 0.15) is 40.5 Å². The van der Waals surface area contributed by atoms with E-state index in [0.717, 1.165) is 0 Å². The zero-order valence-electron chi connectivity index (χ0n) is 15.7. The molecule has 24 heavy (non-hydrogen) atoms. The lowest BCUT2D eigenvalue weighted by Gasteiger charge is -2.40. The molecule has 0 saturated carbocycles. The Bertz CT molecular complexity index is 468. The zero-order valence-corrected chi connectivity index (χ0v) is 16.7. The molecule has 0 amide bonds. The molecule has 7 nitrogen and oxygen atoms in total. The monoisotopic (exact) mass is 357 g/mol. The van der Waals surface area contributed by atoms with Crippen molar-refractivity contribution in [2.24, 2.45) is 5.11 Å². The standard InChI is InChI=1S/C16H31N3O4Si/c1-7-22-15(21)11-10-13(18-19-17)14(9-8-12-20)23-24(5,6)16(2,3)4/h10-11,13-14,20H,7-9,12H2,1-6H3/b11-10+/t13-,14-/m1/s1. The van der Waals surface area contributed by atoms with E-state index in [0.29, 0.717) is 12.8 Å². The molecule has 0 aliphatic carbocycles. The van der Waals surface area contributed by atoms with Crippen LogP contribution in [0.4, 0.5) is 0 Å². The lowest BCUT2D eigenvalue weighted by Crippen LogP contribution is -2.46. The Morgan fingerprint density at radius 3 is 2.50 bits per heavy atom. The van der Waals surface area contributed by atoms with Crippen molar-refractivity contribution >= 4 is 14.3 Å². The molecule has 0 aliphatic rings.